The molecule has 1 aromatic rings. The van der Waals surface area contributed by atoms with Crippen LogP contribution in [0.2, 0.25) is 0 Å². The van der Waals surface area contributed by atoms with E-state index in [0.717, 1.165) is 12.5 Å². The molecule has 5 heteroatoms. The molecular weight excluding hydrogens is 142 g/mol. The Bertz CT molecular complexity index is 239. The molecule has 0 aliphatic heterocycles. The van der Waals surface area contributed by atoms with E-state index in [4.69, 9.17) is 5.73 Å². The molecule has 1 heterocycles. The van der Waals surface area contributed by atoms with Crippen molar-refractivity contribution in [2.75, 3.05) is 17.6 Å². The number of hydrogen-bond donors (Lipinski definition) is 3. The normalized spacial score (nSPS) is 16.7. The standard InChI is InChI=1S/C6H11N5/c7-5-9-6(11-10-5)8-3-4-1-2-4/h4H,1-3H2,(H4,7,8,9,10,11). The minimum atomic E-state index is 0.364. The highest BCUT2D eigenvalue weighted by Crippen LogP contribution is 2.28. The third kappa shape index (κ3) is 1.60. The quantitative estimate of drug-likeness (QED) is 0.580. The van der Waals surface area contributed by atoms with Gasteiger partial charge in [-0.3, -0.25) is 0 Å². The third-order valence-electron chi connectivity index (χ3n) is 1.75. The maximum Gasteiger partial charge on any atom is 0.243 e. The summed E-state index contributed by atoms with van der Waals surface area (Å²) in [5.74, 6) is 1.80. The predicted octanol–water partition coefficient (Wildman–Crippen LogP) is 0.209. The summed E-state index contributed by atoms with van der Waals surface area (Å²) in [6, 6.07) is 0. The maximum absolute atomic E-state index is 5.33. The molecule has 0 unspecified atom stereocenters. The van der Waals surface area contributed by atoms with E-state index in [-0.39, 0.29) is 0 Å². The van der Waals surface area contributed by atoms with Crippen molar-refractivity contribution in [1.82, 2.24) is 15.2 Å². The van der Waals surface area contributed by atoms with Gasteiger partial charge in [-0.1, -0.05) is 0 Å². The fourth-order valence-corrected chi connectivity index (χ4v) is 0.911. The zero-order valence-corrected chi connectivity index (χ0v) is 6.17. The van der Waals surface area contributed by atoms with E-state index < -0.39 is 0 Å². The summed E-state index contributed by atoms with van der Waals surface area (Å²) in [6.45, 7) is 0.970. The zero-order valence-electron chi connectivity index (χ0n) is 6.17. The fourth-order valence-electron chi connectivity index (χ4n) is 0.911. The van der Waals surface area contributed by atoms with Crippen molar-refractivity contribution in [3.05, 3.63) is 0 Å². The first-order valence-corrected chi connectivity index (χ1v) is 3.76. The first-order valence-electron chi connectivity index (χ1n) is 3.76. The predicted molar refractivity (Wildman–Crippen MR) is 42.0 cm³/mol. The second-order valence-electron chi connectivity index (χ2n) is 2.87. The van der Waals surface area contributed by atoms with Crippen LogP contribution in [0, 0.1) is 5.92 Å². The van der Waals surface area contributed by atoms with Crippen LogP contribution >= 0.6 is 0 Å². The molecular formula is C6H11N5. The van der Waals surface area contributed by atoms with E-state index in [1.165, 1.54) is 12.8 Å². The minimum absolute atomic E-state index is 0.364. The Balaban J connectivity index is 1.85. The molecule has 60 valence electrons. The van der Waals surface area contributed by atoms with Gasteiger partial charge in [0.1, 0.15) is 0 Å². The molecule has 0 radical (unpaired) electrons. The molecule has 1 aliphatic rings. The van der Waals surface area contributed by atoms with Crippen LogP contribution in [0.4, 0.5) is 11.9 Å². The van der Waals surface area contributed by atoms with Gasteiger partial charge in [0.25, 0.3) is 0 Å². The highest BCUT2D eigenvalue weighted by atomic mass is 15.3. The van der Waals surface area contributed by atoms with Crippen LogP contribution in [0.15, 0.2) is 0 Å². The third-order valence-corrected chi connectivity index (χ3v) is 1.75. The summed E-state index contributed by atoms with van der Waals surface area (Å²) >= 11 is 0. The van der Waals surface area contributed by atoms with Crippen LogP contribution in [0.1, 0.15) is 12.8 Å². The lowest BCUT2D eigenvalue weighted by atomic mass is 10.4. The molecule has 0 bridgehead atoms. The Morgan fingerprint density at radius 2 is 2.45 bits per heavy atom. The van der Waals surface area contributed by atoms with Crippen molar-refractivity contribution >= 4 is 11.9 Å². The van der Waals surface area contributed by atoms with E-state index in [1.54, 1.807) is 0 Å². The smallest absolute Gasteiger partial charge is 0.243 e. The first kappa shape index (κ1) is 6.45. The lowest BCUT2D eigenvalue weighted by molar-refractivity contribution is 0.875. The summed E-state index contributed by atoms with van der Waals surface area (Å²) in [7, 11) is 0. The number of nitrogens with zero attached hydrogens (tertiary/aromatic N) is 2. The molecule has 0 saturated heterocycles. The summed E-state index contributed by atoms with van der Waals surface area (Å²) in [4.78, 5) is 3.91. The van der Waals surface area contributed by atoms with Crippen LogP contribution in [0.3, 0.4) is 0 Å². The van der Waals surface area contributed by atoms with E-state index >= 15 is 0 Å². The molecule has 0 aromatic carbocycles. The maximum atomic E-state index is 5.33. The molecule has 11 heavy (non-hydrogen) atoms. The average molecular weight is 153 g/mol. The second kappa shape index (κ2) is 2.41. The van der Waals surface area contributed by atoms with Crippen molar-refractivity contribution in [3.8, 4) is 0 Å². The number of aromatic nitrogens is 3. The number of H-pyrrole nitrogens is 1. The van der Waals surface area contributed by atoms with Crippen molar-refractivity contribution in [2.45, 2.75) is 12.8 Å². The van der Waals surface area contributed by atoms with Gasteiger partial charge in [-0.2, -0.15) is 4.98 Å². The zero-order chi connectivity index (χ0) is 7.68. The van der Waals surface area contributed by atoms with E-state index in [0.29, 0.717) is 11.9 Å². The number of nitrogens with one attached hydrogen (secondary N) is 2. The Morgan fingerprint density at radius 1 is 1.64 bits per heavy atom. The molecule has 1 fully saturated rings. The lowest BCUT2D eigenvalue weighted by Crippen LogP contribution is -2.04. The molecule has 0 atom stereocenters. The topological polar surface area (TPSA) is 79.6 Å². The Labute approximate surface area is 64.4 Å². The number of anilines is 2. The van der Waals surface area contributed by atoms with E-state index in [9.17, 15) is 0 Å². The number of nitrogen functional groups attached to an aromatic ring is 1. The molecule has 1 aromatic heterocycles. The van der Waals surface area contributed by atoms with Gasteiger partial charge in [0.2, 0.25) is 11.9 Å². The number of rotatable bonds is 3. The number of aromatic amines is 1. The molecule has 0 amide bonds. The Kier molecular flexibility index (Phi) is 1.41. The van der Waals surface area contributed by atoms with Gasteiger partial charge < -0.3 is 11.1 Å². The first-order chi connectivity index (χ1) is 5.34. The Hall–Kier alpha value is -1.26. The highest BCUT2D eigenvalue weighted by molar-refractivity contribution is 5.29. The number of nitrogens with two attached hydrogens (primary N) is 1. The fraction of sp³-hybridized carbons (Fsp3) is 0.667. The number of hydrogen-bond acceptors (Lipinski definition) is 4. The largest absolute Gasteiger partial charge is 0.368 e. The highest BCUT2D eigenvalue weighted by Gasteiger charge is 2.20. The summed E-state index contributed by atoms with van der Waals surface area (Å²) < 4.78 is 0. The second-order valence-corrected chi connectivity index (χ2v) is 2.87. The van der Waals surface area contributed by atoms with Crippen LogP contribution in [-0.2, 0) is 0 Å². The molecule has 1 aliphatic carbocycles. The average Bonchev–Trinajstić information content (AvgIpc) is 2.72. The van der Waals surface area contributed by atoms with Gasteiger partial charge in [-0.05, 0) is 18.8 Å². The van der Waals surface area contributed by atoms with Gasteiger partial charge >= 0.3 is 0 Å². The lowest BCUT2D eigenvalue weighted by Gasteiger charge is -1.96. The molecule has 4 N–H and O–H groups in total. The molecule has 2 rings (SSSR count). The van der Waals surface area contributed by atoms with E-state index in [2.05, 4.69) is 20.5 Å². The van der Waals surface area contributed by atoms with Gasteiger partial charge in [0, 0.05) is 6.54 Å². The van der Waals surface area contributed by atoms with Crippen molar-refractivity contribution in [1.29, 1.82) is 0 Å². The molecule has 0 spiro atoms. The van der Waals surface area contributed by atoms with E-state index in [1.807, 2.05) is 0 Å². The molecule has 1 saturated carbocycles. The van der Waals surface area contributed by atoms with Crippen molar-refractivity contribution < 1.29 is 0 Å². The Morgan fingerprint density at radius 3 is 3.00 bits per heavy atom. The van der Waals surface area contributed by atoms with Crippen LogP contribution in [0.5, 0.6) is 0 Å². The SMILES string of the molecule is Nc1nc(NCC2CC2)n[nH]1. The van der Waals surface area contributed by atoms with Gasteiger partial charge in [0.05, 0.1) is 0 Å². The van der Waals surface area contributed by atoms with Crippen molar-refractivity contribution in [2.24, 2.45) is 5.92 Å². The van der Waals surface area contributed by atoms with Crippen LogP contribution in [-0.4, -0.2) is 21.7 Å². The van der Waals surface area contributed by atoms with Crippen LogP contribution < -0.4 is 11.1 Å². The summed E-state index contributed by atoms with van der Waals surface area (Å²) in [6.07, 6.45) is 2.65. The summed E-state index contributed by atoms with van der Waals surface area (Å²) in [5.41, 5.74) is 5.33. The minimum Gasteiger partial charge on any atom is -0.368 e. The van der Waals surface area contributed by atoms with Gasteiger partial charge in [-0.25, -0.2) is 5.10 Å². The van der Waals surface area contributed by atoms with Crippen LogP contribution in [0.25, 0.3) is 0 Å². The van der Waals surface area contributed by atoms with Gasteiger partial charge in [0.15, 0.2) is 0 Å². The summed E-state index contributed by atoms with van der Waals surface area (Å²) in [5, 5.41) is 9.50. The van der Waals surface area contributed by atoms with Gasteiger partial charge in [-0.15, -0.1) is 5.10 Å². The molecule has 5 nitrogen and oxygen atoms in total. The monoisotopic (exact) mass is 153 g/mol. The van der Waals surface area contributed by atoms with Crippen molar-refractivity contribution in [3.63, 3.8) is 0 Å².